The van der Waals surface area contributed by atoms with Gasteiger partial charge < -0.3 is 4.90 Å². The van der Waals surface area contributed by atoms with Crippen LogP contribution in [0, 0.1) is 0 Å². The first-order valence-corrected chi connectivity index (χ1v) is 11.0. The Morgan fingerprint density at radius 1 is 1.17 bits per heavy atom. The smallest absolute Gasteiger partial charge is 0.342 e. The Bertz CT molecular complexity index is 963. The van der Waals surface area contributed by atoms with Crippen LogP contribution < -0.4 is 0 Å². The summed E-state index contributed by atoms with van der Waals surface area (Å²) in [5.74, 6) is 0.518. The van der Waals surface area contributed by atoms with E-state index in [0.717, 1.165) is 47.4 Å². The van der Waals surface area contributed by atoms with Crippen LogP contribution in [0.4, 0.5) is 13.2 Å². The molecule has 152 valence electrons. The van der Waals surface area contributed by atoms with E-state index in [1.807, 2.05) is 23.1 Å². The maximum absolute atomic E-state index is 12.6. The van der Waals surface area contributed by atoms with Crippen LogP contribution in [0.1, 0.15) is 29.3 Å². The Labute approximate surface area is 174 Å². The van der Waals surface area contributed by atoms with E-state index in [-0.39, 0.29) is 11.7 Å². The Hall–Kier alpha value is -2.13. The number of thioether (sulfide) groups is 1. The Kier molecular flexibility index (Phi) is 5.78. The maximum Gasteiger partial charge on any atom is 0.417 e. The number of hydrogen-bond donors (Lipinski definition) is 0. The van der Waals surface area contributed by atoms with E-state index >= 15 is 0 Å². The van der Waals surface area contributed by atoms with E-state index < -0.39 is 11.7 Å². The van der Waals surface area contributed by atoms with Gasteiger partial charge in [-0.2, -0.15) is 13.2 Å². The molecule has 0 saturated carbocycles. The standard InChI is InChI=1S/C20H18F3N3OS2/c21-20(22,23)14-5-6-17(24-11-14)28-12-18(27)26-9-7-13(8-10-26)19-25-15-3-1-2-4-16(15)29-19/h1-6,11,13H,7-10,12H2. The molecule has 2 aromatic heterocycles. The summed E-state index contributed by atoms with van der Waals surface area (Å²) in [4.78, 5) is 22.8. The summed E-state index contributed by atoms with van der Waals surface area (Å²) in [6, 6.07) is 10.4. The molecule has 29 heavy (non-hydrogen) atoms. The van der Waals surface area contributed by atoms with Crippen LogP contribution in [-0.2, 0) is 11.0 Å². The molecule has 1 saturated heterocycles. The molecule has 1 aromatic carbocycles. The molecule has 9 heteroatoms. The number of para-hydroxylation sites is 1. The van der Waals surface area contributed by atoms with Gasteiger partial charge in [0, 0.05) is 25.2 Å². The molecule has 1 aliphatic heterocycles. The average molecular weight is 438 g/mol. The first-order valence-electron chi connectivity index (χ1n) is 9.19. The lowest BCUT2D eigenvalue weighted by Crippen LogP contribution is -2.38. The summed E-state index contributed by atoms with van der Waals surface area (Å²) < 4.78 is 38.9. The van der Waals surface area contributed by atoms with Crippen molar-refractivity contribution in [3.63, 3.8) is 0 Å². The number of likely N-dealkylation sites (tertiary alicyclic amines) is 1. The molecule has 4 nitrogen and oxygen atoms in total. The molecule has 0 atom stereocenters. The van der Waals surface area contributed by atoms with Crippen molar-refractivity contribution >= 4 is 39.2 Å². The summed E-state index contributed by atoms with van der Waals surface area (Å²) >= 11 is 2.88. The van der Waals surface area contributed by atoms with Gasteiger partial charge in [-0.15, -0.1) is 11.3 Å². The van der Waals surface area contributed by atoms with Crippen molar-refractivity contribution in [1.82, 2.24) is 14.9 Å². The number of carbonyl (C=O) groups is 1. The molecule has 0 unspecified atom stereocenters. The average Bonchev–Trinajstić information content (AvgIpc) is 3.16. The zero-order chi connectivity index (χ0) is 20.4. The first-order chi connectivity index (χ1) is 13.9. The van der Waals surface area contributed by atoms with Gasteiger partial charge in [0.2, 0.25) is 5.91 Å². The topological polar surface area (TPSA) is 46.1 Å². The molecule has 4 rings (SSSR count). The third kappa shape index (κ3) is 4.72. The highest BCUT2D eigenvalue weighted by atomic mass is 32.2. The van der Waals surface area contributed by atoms with Gasteiger partial charge in [0.05, 0.1) is 31.6 Å². The van der Waals surface area contributed by atoms with Gasteiger partial charge in [-0.1, -0.05) is 23.9 Å². The molecule has 0 radical (unpaired) electrons. The van der Waals surface area contributed by atoms with Crippen LogP contribution in [0.25, 0.3) is 10.2 Å². The van der Waals surface area contributed by atoms with E-state index in [1.165, 1.54) is 10.8 Å². The van der Waals surface area contributed by atoms with Crippen molar-refractivity contribution in [3.05, 3.63) is 53.2 Å². The predicted octanol–water partition coefficient (Wildman–Crippen LogP) is 5.21. The fraction of sp³-hybridized carbons (Fsp3) is 0.350. The SMILES string of the molecule is O=C(CSc1ccc(C(F)(F)F)cn1)N1CCC(c2nc3ccccc3s2)CC1. The number of alkyl halides is 3. The molecule has 0 bridgehead atoms. The van der Waals surface area contributed by atoms with Gasteiger partial charge in [-0.3, -0.25) is 4.79 Å². The highest BCUT2D eigenvalue weighted by Crippen LogP contribution is 2.34. The van der Waals surface area contributed by atoms with Crippen LogP contribution in [0.15, 0.2) is 47.6 Å². The second kappa shape index (κ2) is 8.31. The zero-order valence-electron chi connectivity index (χ0n) is 15.4. The number of thiazole rings is 1. The number of halogens is 3. The minimum absolute atomic E-state index is 0.0144. The van der Waals surface area contributed by atoms with Gasteiger partial charge in [0.25, 0.3) is 0 Å². The second-order valence-electron chi connectivity index (χ2n) is 6.85. The van der Waals surface area contributed by atoms with Gasteiger partial charge in [0.1, 0.15) is 0 Å². The number of rotatable bonds is 4. The Morgan fingerprint density at radius 3 is 2.59 bits per heavy atom. The number of hydrogen-bond acceptors (Lipinski definition) is 5. The largest absolute Gasteiger partial charge is 0.417 e. The van der Waals surface area contributed by atoms with Crippen LogP contribution in [0.5, 0.6) is 0 Å². The van der Waals surface area contributed by atoms with E-state index in [2.05, 4.69) is 11.1 Å². The lowest BCUT2D eigenvalue weighted by atomic mass is 9.97. The molecule has 1 fully saturated rings. The quantitative estimate of drug-likeness (QED) is 0.526. The fourth-order valence-electron chi connectivity index (χ4n) is 3.30. The Morgan fingerprint density at radius 2 is 1.93 bits per heavy atom. The van der Waals surface area contributed by atoms with E-state index in [0.29, 0.717) is 24.0 Å². The molecule has 0 spiro atoms. The van der Waals surface area contributed by atoms with Crippen molar-refractivity contribution in [2.24, 2.45) is 0 Å². The summed E-state index contributed by atoms with van der Waals surface area (Å²) in [6.07, 6.45) is -1.86. The monoisotopic (exact) mass is 437 g/mol. The van der Waals surface area contributed by atoms with Crippen molar-refractivity contribution in [2.75, 3.05) is 18.8 Å². The molecular formula is C20H18F3N3OS2. The number of piperidine rings is 1. The van der Waals surface area contributed by atoms with E-state index in [4.69, 9.17) is 4.98 Å². The van der Waals surface area contributed by atoms with Crippen molar-refractivity contribution in [2.45, 2.75) is 30.0 Å². The summed E-state index contributed by atoms with van der Waals surface area (Å²) in [5.41, 5.74) is 0.233. The minimum atomic E-state index is -4.40. The first kappa shape index (κ1) is 20.2. The molecule has 0 N–H and O–H groups in total. The third-order valence-electron chi connectivity index (χ3n) is 4.91. The molecular weight excluding hydrogens is 419 g/mol. The molecule has 0 aliphatic carbocycles. The molecule has 3 heterocycles. The molecule has 3 aromatic rings. The van der Waals surface area contributed by atoms with Crippen molar-refractivity contribution in [1.29, 1.82) is 0 Å². The molecule has 1 amide bonds. The fourth-order valence-corrected chi connectivity index (χ4v) is 5.18. The van der Waals surface area contributed by atoms with E-state index in [9.17, 15) is 18.0 Å². The van der Waals surface area contributed by atoms with Gasteiger partial charge in [-0.05, 0) is 37.1 Å². The van der Waals surface area contributed by atoms with Crippen molar-refractivity contribution < 1.29 is 18.0 Å². The van der Waals surface area contributed by atoms with Gasteiger partial charge in [-0.25, -0.2) is 9.97 Å². The normalized spacial score (nSPS) is 15.8. The zero-order valence-corrected chi connectivity index (χ0v) is 17.0. The molecule has 1 aliphatic rings. The van der Waals surface area contributed by atoms with Crippen LogP contribution in [0.2, 0.25) is 0 Å². The number of benzene rings is 1. The van der Waals surface area contributed by atoms with Gasteiger partial charge >= 0.3 is 6.18 Å². The highest BCUT2D eigenvalue weighted by molar-refractivity contribution is 7.99. The summed E-state index contributed by atoms with van der Waals surface area (Å²) in [5, 5.41) is 1.54. The third-order valence-corrected chi connectivity index (χ3v) is 7.04. The second-order valence-corrected chi connectivity index (χ2v) is 8.90. The highest BCUT2D eigenvalue weighted by Gasteiger charge is 2.31. The number of carbonyl (C=O) groups excluding carboxylic acids is 1. The minimum Gasteiger partial charge on any atom is -0.342 e. The van der Waals surface area contributed by atoms with Gasteiger partial charge in [0.15, 0.2) is 0 Å². The number of pyridine rings is 1. The number of nitrogens with zero attached hydrogens (tertiary/aromatic N) is 3. The predicted molar refractivity (Wildman–Crippen MR) is 108 cm³/mol. The number of amides is 1. The lowest BCUT2D eigenvalue weighted by molar-refractivity contribution is -0.138. The lowest BCUT2D eigenvalue weighted by Gasteiger charge is -2.31. The van der Waals surface area contributed by atoms with Crippen molar-refractivity contribution in [3.8, 4) is 0 Å². The maximum atomic E-state index is 12.6. The Balaban J connectivity index is 1.28. The van der Waals surface area contributed by atoms with E-state index in [1.54, 1.807) is 11.3 Å². The van der Waals surface area contributed by atoms with Crippen LogP contribution in [0.3, 0.4) is 0 Å². The summed E-state index contributed by atoms with van der Waals surface area (Å²) in [7, 11) is 0. The van der Waals surface area contributed by atoms with Crippen LogP contribution >= 0.6 is 23.1 Å². The number of fused-ring (bicyclic) bond motifs is 1. The summed E-state index contributed by atoms with van der Waals surface area (Å²) in [6.45, 7) is 1.33. The van der Waals surface area contributed by atoms with Crippen LogP contribution in [-0.4, -0.2) is 39.6 Å². The number of aromatic nitrogens is 2.